The topological polar surface area (TPSA) is 94.1 Å². The van der Waals surface area contributed by atoms with Crippen LogP contribution in [0.1, 0.15) is 67.5 Å². The number of aryl methyl sites for hydroxylation is 1. The number of primary amides is 1. The van der Waals surface area contributed by atoms with E-state index >= 15 is 0 Å². The van der Waals surface area contributed by atoms with E-state index in [9.17, 15) is 9.59 Å². The van der Waals surface area contributed by atoms with Crippen molar-refractivity contribution in [1.29, 1.82) is 0 Å². The smallest absolute Gasteiger partial charge is 0.293 e. The first-order chi connectivity index (χ1) is 12.9. The van der Waals surface area contributed by atoms with Crippen LogP contribution < -0.4 is 5.73 Å². The van der Waals surface area contributed by atoms with Crippen molar-refractivity contribution >= 4 is 11.8 Å². The average Bonchev–Trinajstić information content (AvgIpc) is 3.02. The summed E-state index contributed by atoms with van der Waals surface area (Å²) in [6, 6.07) is 7.84. The summed E-state index contributed by atoms with van der Waals surface area (Å²) in [5.41, 5.74) is 7.44. The Kier molecular flexibility index (Phi) is 5.58. The molecule has 1 saturated heterocycles. The highest BCUT2D eigenvalue weighted by Gasteiger charge is 2.31. The van der Waals surface area contributed by atoms with Crippen molar-refractivity contribution < 1.29 is 9.59 Å². The number of para-hydroxylation sites is 1. The monoisotopic (exact) mass is 369 g/mol. The Hall–Kier alpha value is -2.70. The number of nitrogens with zero attached hydrogens (tertiary/aromatic N) is 4. The highest BCUT2D eigenvalue weighted by atomic mass is 16.2. The number of carbonyl (C=O) groups excluding carboxylic acids is 2. The van der Waals surface area contributed by atoms with E-state index in [4.69, 9.17) is 5.73 Å². The third-order valence-corrected chi connectivity index (χ3v) is 5.07. The number of carbonyl (C=O) groups is 2. The first-order valence-electron chi connectivity index (χ1n) is 9.50. The molecule has 1 aromatic carbocycles. The predicted octanol–water partition coefficient (Wildman–Crippen LogP) is 2.57. The normalized spacial score (nSPS) is 17.3. The highest BCUT2D eigenvalue weighted by Crippen LogP contribution is 2.24. The molecule has 2 aromatic rings. The summed E-state index contributed by atoms with van der Waals surface area (Å²) >= 11 is 0. The third kappa shape index (κ3) is 4.02. The molecule has 27 heavy (non-hydrogen) atoms. The Balaban J connectivity index is 1.92. The minimum atomic E-state index is -0.389. The molecule has 1 aliphatic heterocycles. The van der Waals surface area contributed by atoms with Crippen LogP contribution in [0.3, 0.4) is 0 Å². The second-order valence-corrected chi connectivity index (χ2v) is 7.43. The van der Waals surface area contributed by atoms with E-state index in [-0.39, 0.29) is 30.1 Å². The standard InChI is InChI=1S/C20H27N5O2/c1-13(2)16-9-4-5-10-17(16)25-14(3)22-19(23-25)20(27)24-11-7-6-8-15(24)12-18(21)26/h4-5,9-10,13,15H,6-8,11-12H2,1-3H3,(H2,21,26)/t15-/m1/s1. The van der Waals surface area contributed by atoms with Gasteiger partial charge in [0.1, 0.15) is 5.82 Å². The van der Waals surface area contributed by atoms with E-state index in [2.05, 4.69) is 30.0 Å². The van der Waals surface area contributed by atoms with Crippen molar-refractivity contribution in [2.45, 2.75) is 58.4 Å². The lowest BCUT2D eigenvalue weighted by Gasteiger charge is -2.34. The number of hydrogen-bond acceptors (Lipinski definition) is 4. The molecular formula is C20H27N5O2. The van der Waals surface area contributed by atoms with Crippen molar-refractivity contribution in [2.24, 2.45) is 5.73 Å². The Labute approximate surface area is 159 Å². The van der Waals surface area contributed by atoms with Gasteiger partial charge < -0.3 is 10.6 Å². The summed E-state index contributed by atoms with van der Waals surface area (Å²) in [5, 5.41) is 4.51. The van der Waals surface area contributed by atoms with Crippen LogP contribution in [-0.4, -0.2) is 44.1 Å². The lowest BCUT2D eigenvalue weighted by atomic mass is 9.99. The summed E-state index contributed by atoms with van der Waals surface area (Å²) < 4.78 is 1.73. The van der Waals surface area contributed by atoms with Crippen molar-refractivity contribution in [2.75, 3.05) is 6.54 Å². The van der Waals surface area contributed by atoms with Crippen molar-refractivity contribution in [3.63, 3.8) is 0 Å². The Morgan fingerprint density at radius 3 is 2.70 bits per heavy atom. The van der Waals surface area contributed by atoms with Crippen LogP contribution in [0.2, 0.25) is 0 Å². The van der Waals surface area contributed by atoms with Crippen LogP contribution in [0, 0.1) is 6.92 Å². The van der Waals surface area contributed by atoms with E-state index in [0.717, 1.165) is 30.5 Å². The third-order valence-electron chi connectivity index (χ3n) is 5.07. The second-order valence-electron chi connectivity index (χ2n) is 7.43. The SMILES string of the molecule is Cc1nc(C(=O)N2CCCC[C@@H]2CC(N)=O)nn1-c1ccccc1C(C)C. The van der Waals surface area contributed by atoms with Gasteiger partial charge in [0.2, 0.25) is 11.7 Å². The number of benzene rings is 1. The zero-order valence-electron chi connectivity index (χ0n) is 16.2. The molecule has 2 amide bonds. The zero-order valence-corrected chi connectivity index (χ0v) is 16.2. The van der Waals surface area contributed by atoms with Gasteiger partial charge in [-0.25, -0.2) is 9.67 Å². The van der Waals surface area contributed by atoms with Crippen LogP contribution in [0.25, 0.3) is 5.69 Å². The number of aromatic nitrogens is 3. The van der Waals surface area contributed by atoms with Gasteiger partial charge in [0, 0.05) is 19.0 Å². The average molecular weight is 369 g/mol. The molecule has 1 aromatic heterocycles. The molecule has 1 aliphatic rings. The maximum absolute atomic E-state index is 13.0. The molecule has 0 radical (unpaired) electrons. The molecule has 2 N–H and O–H groups in total. The summed E-state index contributed by atoms with van der Waals surface area (Å²) in [6.07, 6.45) is 2.87. The molecule has 0 spiro atoms. The van der Waals surface area contributed by atoms with Gasteiger partial charge in [-0.2, -0.15) is 0 Å². The summed E-state index contributed by atoms with van der Waals surface area (Å²) in [5.74, 6) is 0.536. The number of likely N-dealkylation sites (tertiary alicyclic amines) is 1. The van der Waals surface area contributed by atoms with Crippen molar-refractivity contribution in [3.8, 4) is 5.69 Å². The Bertz CT molecular complexity index is 843. The van der Waals surface area contributed by atoms with Crippen molar-refractivity contribution in [1.82, 2.24) is 19.7 Å². The van der Waals surface area contributed by atoms with Crippen molar-refractivity contribution in [3.05, 3.63) is 41.5 Å². The lowest BCUT2D eigenvalue weighted by Crippen LogP contribution is -2.45. The molecule has 1 fully saturated rings. The molecule has 7 heteroatoms. The summed E-state index contributed by atoms with van der Waals surface area (Å²) in [7, 11) is 0. The first kappa shape index (κ1) is 19.1. The molecule has 1 atom stereocenters. The van der Waals surface area contributed by atoms with E-state index in [1.54, 1.807) is 9.58 Å². The molecule has 3 rings (SSSR count). The molecule has 2 heterocycles. The maximum atomic E-state index is 13.0. The number of nitrogens with two attached hydrogens (primary N) is 1. The maximum Gasteiger partial charge on any atom is 0.293 e. The van der Waals surface area contributed by atoms with Gasteiger partial charge in [0.15, 0.2) is 0 Å². The molecule has 0 bridgehead atoms. The fourth-order valence-electron chi connectivity index (χ4n) is 3.72. The zero-order chi connectivity index (χ0) is 19.6. The molecular weight excluding hydrogens is 342 g/mol. The van der Waals surface area contributed by atoms with Crippen LogP contribution in [0.4, 0.5) is 0 Å². The van der Waals surface area contributed by atoms with Gasteiger partial charge in [-0.15, -0.1) is 5.10 Å². The first-order valence-corrected chi connectivity index (χ1v) is 9.50. The minimum absolute atomic E-state index is 0.168. The Morgan fingerprint density at radius 2 is 2.00 bits per heavy atom. The molecule has 0 aliphatic carbocycles. The number of rotatable bonds is 5. The minimum Gasteiger partial charge on any atom is -0.370 e. The van der Waals surface area contributed by atoms with Gasteiger partial charge in [-0.1, -0.05) is 32.0 Å². The van der Waals surface area contributed by atoms with Gasteiger partial charge in [0.05, 0.1) is 5.69 Å². The van der Waals surface area contributed by atoms with Crippen LogP contribution in [0.5, 0.6) is 0 Å². The number of piperidine rings is 1. The van der Waals surface area contributed by atoms with Crippen LogP contribution in [0.15, 0.2) is 24.3 Å². The van der Waals surface area contributed by atoms with Gasteiger partial charge in [-0.05, 0) is 43.7 Å². The van der Waals surface area contributed by atoms with E-state index in [1.165, 1.54) is 0 Å². The molecule has 144 valence electrons. The second kappa shape index (κ2) is 7.90. The van der Waals surface area contributed by atoms with Crippen LogP contribution >= 0.6 is 0 Å². The highest BCUT2D eigenvalue weighted by molar-refractivity contribution is 5.91. The van der Waals surface area contributed by atoms with Gasteiger partial charge in [-0.3, -0.25) is 9.59 Å². The van der Waals surface area contributed by atoms with E-state index in [1.807, 2.05) is 25.1 Å². The molecule has 0 saturated carbocycles. The summed E-state index contributed by atoms with van der Waals surface area (Å²) in [6.45, 7) is 6.70. The number of hydrogen-bond donors (Lipinski definition) is 1. The van der Waals surface area contributed by atoms with E-state index < -0.39 is 0 Å². The Morgan fingerprint density at radius 1 is 1.26 bits per heavy atom. The number of amides is 2. The largest absolute Gasteiger partial charge is 0.370 e. The fourth-order valence-corrected chi connectivity index (χ4v) is 3.72. The van der Waals surface area contributed by atoms with E-state index in [0.29, 0.717) is 18.3 Å². The predicted molar refractivity (Wildman–Crippen MR) is 103 cm³/mol. The quantitative estimate of drug-likeness (QED) is 0.876. The van der Waals surface area contributed by atoms with Gasteiger partial charge in [0.25, 0.3) is 5.91 Å². The fraction of sp³-hybridized carbons (Fsp3) is 0.500. The molecule has 0 unspecified atom stereocenters. The lowest BCUT2D eigenvalue weighted by molar-refractivity contribution is -0.119. The summed E-state index contributed by atoms with van der Waals surface area (Å²) in [4.78, 5) is 30.5. The van der Waals surface area contributed by atoms with Crippen LogP contribution in [-0.2, 0) is 4.79 Å². The molecule has 7 nitrogen and oxygen atoms in total. The van der Waals surface area contributed by atoms with Gasteiger partial charge >= 0.3 is 0 Å².